The van der Waals surface area contributed by atoms with E-state index in [0.29, 0.717) is 31.6 Å². The van der Waals surface area contributed by atoms with Gasteiger partial charge in [-0.2, -0.15) is 0 Å². The fourth-order valence-electron chi connectivity index (χ4n) is 4.33. The molecule has 30 heavy (non-hydrogen) atoms. The summed E-state index contributed by atoms with van der Waals surface area (Å²) in [5.41, 5.74) is 1.15. The maximum absolute atomic E-state index is 12.5. The van der Waals surface area contributed by atoms with E-state index >= 15 is 0 Å². The van der Waals surface area contributed by atoms with Crippen LogP contribution in [0.15, 0.2) is 24.5 Å². The average Bonchev–Trinajstić information content (AvgIpc) is 3.42. The maximum atomic E-state index is 12.5. The lowest BCUT2D eigenvalue weighted by Gasteiger charge is -2.30. The van der Waals surface area contributed by atoms with E-state index in [9.17, 15) is 9.59 Å². The second-order valence-corrected chi connectivity index (χ2v) is 9.28. The molecule has 0 radical (unpaired) electrons. The zero-order chi connectivity index (χ0) is 21.5. The fraction of sp³-hybridized carbons (Fsp3) is 0.696. The standard InChI is InChI=1S/C23H37N5O2/c1-17(2)26-22(29)12-20-6-7-21(28(20)15-18-4-5-18)13-25-23(30)16-27(3)14-19-8-10-24-11-9-19/h8-11,17-18,20-21H,4-7,12-16H2,1-3H3,(H,25,30)(H,26,29)/t20-,21+/m1/s1. The molecular formula is C23H37N5O2. The van der Waals surface area contributed by atoms with Gasteiger partial charge >= 0.3 is 0 Å². The van der Waals surface area contributed by atoms with E-state index in [1.807, 2.05) is 37.9 Å². The number of nitrogens with one attached hydrogen (secondary N) is 2. The molecule has 2 heterocycles. The third-order valence-corrected chi connectivity index (χ3v) is 5.96. The predicted octanol–water partition coefficient (Wildman–Crippen LogP) is 1.79. The zero-order valence-corrected chi connectivity index (χ0v) is 18.6. The van der Waals surface area contributed by atoms with E-state index in [2.05, 4.69) is 20.5 Å². The van der Waals surface area contributed by atoms with Gasteiger partial charge in [0.25, 0.3) is 0 Å². The SMILES string of the molecule is CC(C)NC(=O)C[C@H]1CC[C@@H](CNC(=O)CN(C)Cc2ccncc2)N1CC1CC1. The predicted molar refractivity (Wildman–Crippen MR) is 118 cm³/mol. The summed E-state index contributed by atoms with van der Waals surface area (Å²) in [5, 5.41) is 6.16. The molecule has 2 aliphatic rings. The first-order valence-electron chi connectivity index (χ1n) is 11.3. The second kappa shape index (κ2) is 10.9. The van der Waals surface area contributed by atoms with Crippen LogP contribution in [-0.2, 0) is 16.1 Å². The monoisotopic (exact) mass is 415 g/mol. The Kier molecular flexibility index (Phi) is 8.22. The van der Waals surface area contributed by atoms with Gasteiger partial charge < -0.3 is 10.6 Å². The molecule has 1 aromatic rings. The first-order valence-corrected chi connectivity index (χ1v) is 11.3. The molecule has 3 rings (SSSR count). The molecule has 1 aliphatic carbocycles. The first kappa shape index (κ1) is 22.7. The van der Waals surface area contributed by atoms with Crippen molar-refractivity contribution in [1.29, 1.82) is 0 Å². The number of carbonyl (C=O) groups excluding carboxylic acids is 2. The minimum atomic E-state index is 0.0546. The Balaban J connectivity index is 1.45. The molecule has 2 fully saturated rings. The van der Waals surface area contributed by atoms with E-state index in [-0.39, 0.29) is 17.9 Å². The molecule has 1 aliphatic heterocycles. The van der Waals surface area contributed by atoms with Crippen molar-refractivity contribution in [3.05, 3.63) is 30.1 Å². The normalized spacial score (nSPS) is 21.9. The lowest BCUT2D eigenvalue weighted by atomic mass is 10.1. The summed E-state index contributed by atoms with van der Waals surface area (Å²) in [6.07, 6.45) is 8.76. The summed E-state index contributed by atoms with van der Waals surface area (Å²) in [6, 6.07) is 4.74. The van der Waals surface area contributed by atoms with Crippen LogP contribution >= 0.6 is 0 Å². The molecule has 0 unspecified atom stereocenters. The summed E-state index contributed by atoms with van der Waals surface area (Å²) in [6.45, 7) is 6.81. The summed E-state index contributed by atoms with van der Waals surface area (Å²) >= 11 is 0. The average molecular weight is 416 g/mol. The van der Waals surface area contributed by atoms with Crippen LogP contribution in [0.2, 0.25) is 0 Å². The van der Waals surface area contributed by atoms with Crippen molar-refractivity contribution in [2.45, 2.75) is 70.6 Å². The minimum Gasteiger partial charge on any atom is -0.354 e. The summed E-state index contributed by atoms with van der Waals surface area (Å²) < 4.78 is 0. The van der Waals surface area contributed by atoms with Gasteiger partial charge in [0.05, 0.1) is 6.54 Å². The molecule has 7 nitrogen and oxygen atoms in total. The number of rotatable bonds is 11. The van der Waals surface area contributed by atoms with E-state index in [4.69, 9.17) is 0 Å². The Morgan fingerprint density at radius 1 is 1.13 bits per heavy atom. The van der Waals surface area contributed by atoms with Crippen LogP contribution in [0.5, 0.6) is 0 Å². The summed E-state index contributed by atoms with van der Waals surface area (Å²) in [7, 11) is 1.96. The molecule has 2 atom stereocenters. The number of hydrogen-bond donors (Lipinski definition) is 2. The Labute approximate surface area is 180 Å². The molecule has 2 amide bonds. The van der Waals surface area contributed by atoms with E-state index in [0.717, 1.165) is 37.4 Å². The maximum Gasteiger partial charge on any atom is 0.234 e. The summed E-state index contributed by atoms with van der Waals surface area (Å²) in [5.74, 6) is 0.959. The Bertz CT molecular complexity index is 692. The van der Waals surface area contributed by atoms with Crippen molar-refractivity contribution >= 4 is 11.8 Å². The molecular weight excluding hydrogens is 378 g/mol. The number of hydrogen-bond acceptors (Lipinski definition) is 5. The quantitative estimate of drug-likeness (QED) is 0.576. The molecule has 1 saturated heterocycles. The van der Waals surface area contributed by atoms with Crippen molar-refractivity contribution in [2.24, 2.45) is 5.92 Å². The number of pyridine rings is 1. The van der Waals surface area contributed by atoms with Gasteiger partial charge in [0.2, 0.25) is 11.8 Å². The lowest BCUT2D eigenvalue weighted by Crippen LogP contribution is -2.47. The van der Waals surface area contributed by atoms with E-state index in [1.54, 1.807) is 12.4 Å². The Morgan fingerprint density at radius 2 is 1.83 bits per heavy atom. The number of carbonyl (C=O) groups is 2. The first-order chi connectivity index (χ1) is 14.4. The third-order valence-electron chi connectivity index (χ3n) is 5.96. The molecule has 0 spiro atoms. The molecule has 1 saturated carbocycles. The van der Waals surface area contributed by atoms with Crippen LogP contribution in [0.25, 0.3) is 0 Å². The Morgan fingerprint density at radius 3 is 2.50 bits per heavy atom. The van der Waals surface area contributed by atoms with E-state index < -0.39 is 0 Å². The van der Waals surface area contributed by atoms with Crippen molar-refractivity contribution in [3.8, 4) is 0 Å². The number of nitrogens with zero attached hydrogens (tertiary/aromatic N) is 3. The van der Waals surface area contributed by atoms with Crippen LogP contribution in [0.3, 0.4) is 0 Å². The highest BCUT2D eigenvalue weighted by molar-refractivity contribution is 5.78. The molecule has 166 valence electrons. The smallest absolute Gasteiger partial charge is 0.234 e. The van der Waals surface area contributed by atoms with Crippen molar-refractivity contribution < 1.29 is 9.59 Å². The molecule has 0 bridgehead atoms. The fourth-order valence-corrected chi connectivity index (χ4v) is 4.33. The zero-order valence-electron chi connectivity index (χ0n) is 18.6. The van der Waals surface area contributed by atoms with Crippen molar-refractivity contribution in [1.82, 2.24) is 25.4 Å². The molecule has 1 aromatic heterocycles. The van der Waals surface area contributed by atoms with Gasteiger partial charge in [-0.05, 0) is 70.2 Å². The van der Waals surface area contributed by atoms with Gasteiger partial charge in [-0.3, -0.25) is 24.4 Å². The van der Waals surface area contributed by atoms with Crippen LogP contribution in [-0.4, -0.2) is 71.4 Å². The highest BCUT2D eigenvalue weighted by Crippen LogP contribution is 2.35. The molecule has 7 heteroatoms. The Hall–Kier alpha value is -1.99. The number of amides is 2. The van der Waals surface area contributed by atoms with Crippen LogP contribution in [0, 0.1) is 5.92 Å². The van der Waals surface area contributed by atoms with Crippen LogP contribution < -0.4 is 10.6 Å². The van der Waals surface area contributed by atoms with Crippen molar-refractivity contribution in [2.75, 3.05) is 26.7 Å². The lowest BCUT2D eigenvalue weighted by molar-refractivity contribution is -0.124. The largest absolute Gasteiger partial charge is 0.354 e. The topological polar surface area (TPSA) is 77.6 Å². The summed E-state index contributed by atoms with van der Waals surface area (Å²) in [4.78, 5) is 33.3. The third kappa shape index (κ3) is 7.36. The number of likely N-dealkylation sites (tertiary alicyclic amines) is 1. The highest BCUT2D eigenvalue weighted by Gasteiger charge is 2.38. The van der Waals surface area contributed by atoms with Gasteiger partial charge in [-0.15, -0.1) is 0 Å². The van der Waals surface area contributed by atoms with Crippen LogP contribution in [0.4, 0.5) is 0 Å². The van der Waals surface area contributed by atoms with Crippen molar-refractivity contribution in [3.63, 3.8) is 0 Å². The van der Waals surface area contributed by atoms with Gasteiger partial charge in [-0.1, -0.05) is 0 Å². The van der Waals surface area contributed by atoms with Crippen LogP contribution in [0.1, 0.15) is 51.5 Å². The van der Waals surface area contributed by atoms with Gasteiger partial charge in [-0.25, -0.2) is 0 Å². The number of aromatic nitrogens is 1. The van der Waals surface area contributed by atoms with Gasteiger partial charge in [0.15, 0.2) is 0 Å². The number of likely N-dealkylation sites (N-methyl/N-ethyl adjacent to an activating group) is 1. The van der Waals surface area contributed by atoms with Gasteiger partial charge in [0, 0.05) is 56.6 Å². The minimum absolute atomic E-state index is 0.0546. The molecule has 0 aromatic carbocycles. The second-order valence-electron chi connectivity index (χ2n) is 9.28. The highest BCUT2D eigenvalue weighted by atomic mass is 16.2. The van der Waals surface area contributed by atoms with Gasteiger partial charge in [0.1, 0.15) is 0 Å². The molecule has 2 N–H and O–H groups in total. The van der Waals surface area contributed by atoms with E-state index in [1.165, 1.54) is 12.8 Å².